The SMILES string of the molecule is CCCC(C)(N)C(=O)NCc1ccc(OC)cc1. The third-order valence-corrected chi connectivity index (χ3v) is 2.90. The number of carbonyl (C=O) groups excluding carboxylic acids is 1. The van der Waals surface area contributed by atoms with Crippen LogP contribution in [0, 0.1) is 0 Å². The lowest BCUT2D eigenvalue weighted by molar-refractivity contribution is -0.126. The molecule has 0 saturated carbocycles. The van der Waals surface area contributed by atoms with Crippen LogP contribution in [0.4, 0.5) is 0 Å². The van der Waals surface area contributed by atoms with Gasteiger partial charge in [-0.3, -0.25) is 4.79 Å². The Bertz CT molecular complexity index is 385. The van der Waals surface area contributed by atoms with Crippen molar-refractivity contribution in [1.82, 2.24) is 5.32 Å². The smallest absolute Gasteiger partial charge is 0.240 e. The van der Waals surface area contributed by atoms with Crippen molar-refractivity contribution in [2.75, 3.05) is 7.11 Å². The molecular weight excluding hydrogens is 228 g/mol. The highest BCUT2D eigenvalue weighted by Crippen LogP contribution is 2.12. The summed E-state index contributed by atoms with van der Waals surface area (Å²) in [7, 11) is 1.63. The molecule has 0 radical (unpaired) electrons. The number of methoxy groups -OCH3 is 1. The van der Waals surface area contributed by atoms with Crippen LogP contribution in [-0.4, -0.2) is 18.6 Å². The molecule has 1 aromatic rings. The Kier molecular flexibility index (Phi) is 5.16. The molecular formula is C14H22N2O2. The van der Waals surface area contributed by atoms with Crippen LogP contribution in [-0.2, 0) is 11.3 Å². The average Bonchev–Trinajstić information content (AvgIpc) is 2.36. The molecule has 4 heteroatoms. The zero-order valence-corrected chi connectivity index (χ0v) is 11.3. The molecule has 1 amide bonds. The Morgan fingerprint density at radius 2 is 2.00 bits per heavy atom. The molecule has 0 saturated heterocycles. The van der Waals surface area contributed by atoms with Gasteiger partial charge in [-0.05, 0) is 31.0 Å². The minimum atomic E-state index is -0.790. The molecule has 0 aliphatic heterocycles. The van der Waals surface area contributed by atoms with E-state index in [9.17, 15) is 4.79 Å². The van der Waals surface area contributed by atoms with E-state index in [1.54, 1.807) is 14.0 Å². The fourth-order valence-corrected chi connectivity index (χ4v) is 1.76. The highest BCUT2D eigenvalue weighted by Gasteiger charge is 2.26. The number of carbonyl (C=O) groups is 1. The third kappa shape index (κ3) is 4.04. The van der Waals surface area contributed by atoms with Gasteiger partial charge in [0.05, 0.1) is 12.6 Å². The summed E-state index contributed by atoms with van der Waals surface area (Å²) < 4.78 is 5.07. The van der Waals surface area contributed by atoms with Crippen LogP contribution in [0.1, 0.15) is 32.3 Å². The lowest BCUT2D eigenvalue weighted by Crippen LogP contribution is -2.51. The van der Waals surface area contributed by atoms with Crippen LogP contribution in [0.2, 0.25) is 0 Å². The Morgan fingerprint density at radius 3 is 2.50 bits per heavy atom. The Labute approximate surface area is 109 Å². The Morgan fingerprint density at radius 1 is 1.39 bits per heavy atom. The van der Waals surface area contributed by atoms with Gasteiger partial charge < -0.3 is 15.8 Å². The first-order valence-corrected chi connectivity index (χ1v) is 6.19. The van der Waals surface area contributed by atoms with E-state index in [0.717, 1.165) is 17.7 Å². The van der Waals surface area contributed by atoms with Gasteiger partial charge in [0.25, 0.3) is 0 Å². The van der Waals surface area contributed by atoms with Gasteiger partial charge in [-0.1, -0.05) is 25.5 Å². The van der Waals surface area contributed by atoms with E-state index in [2.05, 4.69) is 5.32 Å². The predicted octanol–water partition coefficient (Wildman–Crippen LogP) is 1.83. The number of ether oxygens (including phenoxy) is 1. The maximum Gasteiger partial charge on any atom is 0.240 e. The molecule has 0 fully saturated rings. The monoisotopic (exact) mass is 250 g/mol. The molecule has 0 aliphatic rings. The lowest BCUT2D eigenvalue weighted by atomic mass is 9.96. The van der Waals surface area contributed by atoms with E-state index >= 15 is 0 Å². The molecule has 1 rings (SSSR count). The summed E-state index contributed by atoms with van der Waals surface area (Å²) in [5.74, 6) is 0.694. The van der Waals surface area contributed by atoms with Crippen LogP contribution < -0.4 is 15.8 Å². The number of nitrogens with one attached hydrogen (secondary N) is 1. The molecule has 4 nitrogen and oxygen atoms in total. The molecule has 3 N–H and O–H groups in total. The van der Waals surface area contributed by atoms with Gasteiger partial charge in [0.15, 0.2) is 0 Å². The second-order valence-corrected chi connectivity index (χ2v) is 4.70. The quantitative estimate of drug-likeness (QED) is 0.809. The standard InChI is InChI=1S/C14H22N2O2/c1-4-9-14(2,15)13(17)16-10-11-5-7-12(18-3)8-6-11/h5-8H,4,9-10,15H2,1-3H3,(H,16,17). The number of hydrogen-bond acceptors (Lipinski definition) is 3. The first kappa shape index (κ1) is 14.5. The zero-order chi connectivity index (χ0) is 13.6. The topological polar surface area (TPSA) is 64.4 Å². The molecule has 0 aromatic heterocycles. The van der Waals surface area contributed by atoms with Gasteiger partial charge in [-0.15, -0.1) is 0 Å². The van der Waals surface area contributed by atoms with Gasteiger partial charge in [-0.25, -0.2) is 0 Å². The minimum absolute atomic E-state index is 0.111. The first-order valence-electron chi connectivity index (χ1n) is 6.19. The zero-order valence-electron chi connectivity index (χ0n) is 11.3. The van der Waals surface area contributed by atoms with Crippen molar-refractivity contribution < 1.29 is 9.53 Å². The Hall–Kier alpha value is -1.55. The van der Waals surface area contributed by atoms with Crippen molar-refractivity contribution in [3.63, 3.8) is 0 Å². The van der Waals surface area contributed by atoms with Crippen molar-refractivity contribution in [3.8, 4) is 5.75 Å². The summed E-state index contributed by atoms with van der Waals surface area (Å²) in [5.41, 5.74) is 6.18. The van der Waals surface area contributed by atoms with E-state index in [0.29, 0.717) is 13.0 Å². The van der Waals surface area contributed by atoms with Crippen LogP contribution in [0.3, 0.4) is 0 Å². The highest BCUT2D eigenvalue weighted by atomic mass is 16.5. The number of nitrogens with two attached hydrogens (primary N) is 1. The second-order valence-electron chi connectivity index (χ2n) is 4.70. The maximum atomic E-state index is 11.9. The van der Waals surface area contributed by atoms with Crippen LogP contribution in [0.15, 0.2) is 24.3 Å². The van der Waals surface area contributed by atoms with Crippen molar-refractivity contribution >= 4 is 5.91 Å². The maximum absolute atomic E-state index is 11.9. The van der Waals surface area contributed by atoms with E-state index < -0.39 is 5.54 Å². The van der Waals surface area contributed by atoms with Crippen molar-refractivity contribution in [3.05, 3.63) is 29.8 Å². The predicted molar refractivity (Wildman–Crippen MR) is 72.3 cm³/mol. The number of benzene rings is 1. The molecule has 0 heterocycles. The van der Waals surface area contributed by atoms with Gasteiger partial charge in [-0.2, -0.15) is 0 Å². The van der Waals surface area contributed by atoms with Gasteiger partial charge in [0.1, 0.15) is 5.75 Å². The summed E-state index contributed by atoms with van der Waals surface area (Å²) in [4.78, 5) is 11.9. The van der Waals surface area contributed by atoms with E-state index in [-0.39, 0.29) is 5.91 Å². The summed E-state index contributed by atoms with van der Waals surface area (Å²) in [5, 5.41) is 2.86. The molecule has 1 aromatic carbocycles. The normalized spacial score (nSPS) is 13.8. The fourth-order valence-electron chi connectivity index (χ4n) is 1.76. The second kappa shape index (κ2) is 6.40. The van der Waals surface area contributed by atoms with Gasteiger partial charge >= 0.3 is 0 Å². The molecule has 0 aliphatic carbocycles. The molecule has 100 valence electrons. The number of amides is 1. The van der Waals surface area contributed by atoms with E-state index in [1.807, 2.05) is 31.2 Å². The minimum Gasteiger partial charge on any atom is -0.497 e. The van der Waals surface area contributed by atoms with Crippen LogP contribution in [0.25, 0.3) is 0 Å². The molecule has 0 bridgehead atoms. The third-order valence-electron chi connectivity index (χ3n) is 2.90. The highest BCUT2D eigenvalue weighted by molar-refractivity contribution is 5.85. The molecule has 18 heavy (non-hydrogen) atoms. The summed E-state index contributed by atoms with van der Waals surface area (Å²) in [6.45, 7) is 4.26. The number of rotatable bonds is 6. The molecule has 1 unspecified atom stereocenters. The Balaban J connectivity index is 2.51. The average molecular weight is 250 g/mol. The largest absolute Gasteiger partial charge is 0.497 e. The van der Waals surface area contributed by atoms with Crippen molar-refractivity contribution in [2.45, 2.75) is 38.8 Å². The van der Waals surface area contributed by atoms with E-state index in [1.165, 1.54) is 0 Å². The number of hydrogen-bond donors (Lipinski definition) is 2. The van der Waals surface area contributed by atoms with Crippen LogP contribution in [0.5, 0.6) is 5.75 Å². The lowest BCUT2D eigenvalue weighted by Gasteiger charge is -2.22. The van der Waals surface area contributed by atoms with Crippen molar-refractivity contribution in [1.29, 1.82) is 0 Å². The summed E-state index contributed by atoms with van der Waals surface area (Å²) in [6.07, 6.45) is 1.57. The van der Waals surface area contributed by atoms with Gasteiger partial charge in [0.2, 0.25) is 5.91 Å². The summed E-state index contributed by atoms with van der Waals surface area (Å²) >= 11 is 0. The fraction of sp³-hybridized carbons (Fsp3) is 0.500. The van der Waals surface area contributed by atoms with Gasteiger partial charge in [0, 0.05) is 6.54 Å². The summed E-state index contributed by atoms with van der Waals surface area (Å²) in [6, 6.07) is 7.59. The van der Waals surface area contributed by atoms with Crippen LogP contribution >= 0.6 is 0 Å². The van der Waals surface area contributed by atoms with E-state index in [4.69, 9.17) is 10.5 Å². The molecule has 0 spiro atoms. The van der Waals surface area contributed by atoms with Crippen molar-refractivity contribution in [2.24, 2.45) is 5.73 Å². The first-order chi connectivity index (χ1) is 8.49. The molecule has 1 atom stereocenters.